The van der Waals surface area contributed by atoms with Gasteiger partial charge in [-0.05, 0) is 17.0 Å². The van der Waals surface area contributed by atoms with E-state index in [1.807, 2.05) is 36.4 Å². The molecule has 94 valence electrons. The minimum atomic E-state index is 0.141. The second kappa shape index (κ2) is 5.23. The van der Waals surface area contributed by atoms with E-state index >= 15 is 0 Å². The van der Waals surface area contributed by atoms with Gasteiger partial charge in [0.05, 0.1) is 0 Å². The molecule has 0 aliphatic heterocycles. The van der Waals surface area contributed by atoms with Gasteiger partial charge in [-0.3, -0.25) is 0 Å². The summed E-state index contributed by atoms with van der Waals surface area (Å²) < 4.78 is 0. The lowest BCUT2D eigenvalue weighted by atomic mass is 10.1. The summed E-state index contributed by atoms with van der Waals surface area (Å²) in [6, 6.07) is 20.5. The number of allylic oxidation sites excluding steroid dienone is 1. The molecule has 1 heteroatoms. The highest BCUT2D eigenvalue weighted by molar-refractivity contribution is 5.65. The predicted molar refractivity (Wildman–Crippen MR) is 77.7 cm³/mol. The number of rotatable bonds is 4. The molecule has 3 rings (SSSR count). The van der Waals surface area contributed by atoms with Crippen LogP contribution in [-0.4, -0.2) is 6.29 Å². The fourth-order valence-corrected chi connectivity index (χ4v) is 2.69. The van der Waals surface area contributed by atoms with Crippen LogP contribution in [0.3, 0.4) is 0 Å². The molecule has 0 aromatic heterocycles. The van der Waals surface area contributed by atoms with Gasteiger partial charge in [-0.2, -0.15) is 0 Å². The minimum Gasteiger partial charge on any atom is -0.303 e. The van der Waals surface area contributed by atoms with Gasteiger partial charge in [0.25, 0.3) is 0 Å². The summed E-state index contributed by atoms with van der Waals surface area (Å²) >= 11 is 0. The first-order chi connectivity index (χ1) is 9.40. The van der Waals surface area contributed by atoms with Gasteiger partial charge in [0.2, 0.25) is 0 Å². The van der Waals surface area contributed by atoms with Gasteiger partial charge in [0, 0.05) is 11.8 Å². The van der Waals surface area contributed by atoms with Gasteiger partial charge in [-0.1, -0.05) is 72.8 Å². The standard InChI is InChI=1S/C18H16O/c19-13-17-16(12-11-14-7-3-1-4-8-14)18(17)15-9-5-2-6-10-15/h1-13,16-18H/b12-11+. The molecule has 1 nitrogen and oxygen atoms in total. The third-order valence-corrected chi connectivity index (χ3v) is 3.78. The molecule has 3 atom stereocenters. The third-order valence-electron chi connectivity index (χ3n) is 3.78. The van der Waals surface area contributed by atoms with Gasteiger partial charge < -0.3 is 4.79 Å². The van der Waals surface area contributed by atoms with Crippen molar-refractivity contribution in [3.8, 4) is 0 Å². The summed E-state index contributed by atoms with van der Waals surface area (Å²) in [5, 5.41) is 0. The number of hydrogen-bond donors (Lipinski definition) is 0. The smallest absolute Gasteiger partial charge is 0.124 e. The van der Waals surface area contributed by atoms with Crippen LogP contribution in [0.15, 0.2) is 66.7 Å². The van der Waals surface area contributed by atoms with E-state index in [1.54, 1.807) is 0 Å². The molecule has 0 heterocycles. The molecule has 0 radical (unpaired) electrons. The Balaban J connectivity index is 1.76. The summed E-state index contributed by atoms with van der Waals surface area (Å²) in [5.74, 6) is 0.848. The van der Waals surface area contributed by atoms with Crippen molar-refractivity contribution in [2.24, 2.45) is 11.8 Å². The largest absolute Gasteiger partial charge is 0.303 e. The van der Waals surface area contributed by atoms with E-state index in [4.69, 9.17) is 0 Å². The van der Waals surface area contributed by atoms with E-state index in [-0.39, 0.29) is 5.92 Å². The van der Waals surface area contributed by atoms with Crippen molar-refractivity contribution in [2.75, 3.05) is 0 Å². The van der Waals surface area contributed by atoms with Crippen LogP contribution >= 0.6 is 0 Å². The molecule has 0 amide bonds. The van der Waals surface area contributed by atoms with Crippen LogP contribution in [0.25, 0.3) is 6.08 Å². The second-order valence-corrected chi connectivity index (χ2v) is 5.00. The lowest BCUT2D eigenvalue weighted by molar-refractivity contribution is -0.109. The number of carbonyl (C=O) groups excluding carboxylic acids is 1. The molecule has 0 saturated heterocycles. The third kappa shape index (κ3) is 2.50. The van der Waals surface area contributed by atoms with E-state index < -0.39 is 0 Å². The normalized spacial score (nSPS) is 25.4. The number of carbonyl (C=O) groups is 1. The second-order valence-electron chi connectivity index (χ2n) is 5.00. The molecular formula is C18H16O. The average Bonchev–Trinajstić information content (AvgIpc) is 3.20. The van der Waals surface area contributed by atoms with Crippen LogP contribution in [0, 0.1) is 11.8 Å². The number of benzene rings is 2. The van der Waals surface area contributed by atoms with Gasteiger partial charge in [0.1, 0.15) is 6.29 Å². The molecule has 19 heavy (non-hydrogen) atoms. The highest BCUT2D eigenvalue weighted by Crippen LogP contribution is 2.53. The molecule has 1 aliphatic rings. The highest BCUT2D eigenvalue weighted by atomic mass is 16.1. The van der Waals surface area contributed by atoms with Gasteiger partial charge in [-0.15, -0.1) is 0 Å². The number of hydrogen-bond acceptors (Lipinski definition) is 1. The maximum atomic E-state index is 11.1. The summed E-state index contributed by atoms with van der Waals surface area (Å²) in [6.45, 7) is 0. The Labute approximate surface area is 113 Å². The molecule has 2 aromatic rings. The Morgan fingerprint density at radius 3 is 2.05 bits per heavy atom. The van der Waals surface area contributed by atoms with E-state index in [9.17, 15) is 4.79 Å². The zero-order valence-corrected chi connectivity index (χ0v) is 10.6. The van der Waals surface area contributed by atoms with Crippen molar-refractivity contribution >= 4 is 12.4 Å². The van der Waals surface area contributed by atoms with Crippen LogP contribution < -0.4 is 0 Å². The SMILES string of the molecule is O=CC1C(/C=C/c2ccccc2)C1c1ccccc1. The Bertz CT molecular complexity index is 571. The van der Waals surface area contributed by atoms with E-state index in [0.717, 1.165) is 6.29 Å². The molecule has 0 bridgehead atoms. The maximum Gasteiger partial charge on any atom is 0.124 e. The fourth-order valence-electron chi connectivity index (χ4n) is 2.69. The lowest BCUT2D eigenvalue weighted by Gasteiger charge is -1.96. The van der Waals surface area contributed by atoms with Gasteiger partial charge in [-0.25, -0.2) is 0 Å². The summed E-state index contributed by atoms with van der Waals surface area (Å²) in [4.78, 5) is 11.1. The van der Waals surface area contributed by atoms with Crippen LogP contribution in [0.1, 0.15) is 17.0 Å². The molecule has 2 aromatic carbocycles. The van der Waals surface area contributed by atoms with E-state index in [0.29, 0.717) is 11.8 Å². The molecule has 1 aliphatic carbocycles. The van der Waals surface area contributed by atoms with E-state index in [1.165, 1.54) is 11.1 Å². The molecule has 3 unspecified atom stereocenters. The van der Waals surface area contributed by atoms with Crippen molar-refractivity contribution < 1.29 is 4.79 Å². The zero-order valence-electron chi connectivity index (χ0n) is 10.6. The van der Waals surface area contributed by atoms with Crippen LogP contribution in [-0.2, 0) is 4.79 Å². The lowest BCUT2D eigenvalue weighted by Crippen LogP contribution is -1.82. The average molecular weight is 248 g/mol. The van der Waals surface area contributed by atoms with Gasteiger partial charge in [0.15, 0.2) is 0 Å². The van der Waals surface area contributed by atoms with Crippen LogP contribution in [0.2, 0.25) is 0 Å². The highest BCUT2D eigenvalue weighted by Gasteiger charge is 2.48. The first kappa shape index (κ1) is 11.9. The van der Waals surface area contributed by atoms with Crippen LogP contribution in [0.4, 0.5) is 0 Å². The van der Waals surface area contributed by atoms with Crippen molar-refractivity contribution in [3.05, 3.63) is 77.9 Å². The minimum absolute atomic E-state index is 0.141. The van der Waals surface area contributed by atoms with Crippen molar-refractivity contribution in [2.45, 2.75) is 5.92 Å². The summed E-state index contributed by atoms with van der Waals surface area (Å²) in [6.07, 6.45) is 5.38. The quantitative estimate of drug-likeness (QED) is 0.749. The molecular weight excluding hydrogens is 232 g/mol. The Morgan fingerprint density at radius 2 is 1.42 bits per heavy atom. The number of aldehydes is 1. The topological polar surface area (TPSA) is 17.1 Å². The fraction of sp³-hybridized carbons (Fsp3) is 0.167. The first-order valence-corrected chi connectivity index (χ1v) is 6.63. The Morgan fingerprint density at radius 1 is 0.789 bits per heavy atom. The van der Waals surface area contributed by atoms with Crippen molar-refractivity contribution in [1.82, 2.24) is 0 Å². The molecule has 0 N–H and O–H groups in total. The molecule has 0 spiro atoms. The van der Waals surface area contributed by atoms with Crippen molar-refractivity contribution in [1.29, 1.82) is 0 Å². The predicted octanol–water partition coefficient (Wildman–Crippen LogP) is 3.93. The van der Waals surface area contributed by atoms with Crippen LogP contribution in [0.5, 0.6) is 0 Å². The first-order valence-electron chi connectivity index (χ1n) is 6.63. The molecule has 1 saturated carbocycles. The monoisotopic (exact) mass is 248 g/mol. The van der Waals surface area contributed by atoms with E-state index in [2.05, 4.69) is 36.4 Å². The molecule has 1 fully saturated rings. The van der Waals surface area contributed by atoms with Gasteiger partial charge >= 0.3 is 0 Å². The maximum absolute atomic E-state index is 11.1. The Hall–Kier alpha value is -2.15. The van der Waals surface area contributed by atoms with Crippen molar-refractivity contribution in [3.63, 3.8) is 0 Å². The zero-order chi connectivity index (χ0) is 13.1. The Kier molecular flexibility index (Phi) is 3.28. The summed E-state index contributed by atoms with van der Waals surface area (Å²) in [7, 11) is 0. The summed E-state index contributed by atoms with van der Waals surface area (Å²) in [5.41, 5.74) is 2.45.